The third-order valence-corrected chi connectivity index (χ3v) is 4.95. The first-order chi connectivity index (χ1) is 10.8. The van der Waals surface area contributed by atoms with Gasteiger partial charge in [0.15, 0.2) is 0 Å². The van der Waals surface area contributed by atoms with Crippen molar-refractivity contribution in [2.24, 2.45) is 5.92 Å². The van der Waals surface area contributed by atoms with Crippen molar-refractivity contribution >= 4 is 0 Å². The van der Waals surface area contributed by atoms with Crippen LogP contribution in [-0.4, -0.2) is 22.8 Å². The molecule has 3 heterocycles. The van der Waals surface area contributed by atoms with E-state index in [-0.39, 0.29) is 12.2 Å². The smallest absolute Gasteiger partial charge is 0.259 e. The van der Waals surface area contributed by atoms with Crippen LogP contribution in [0.3, 0.4) is 0 Å². The Morgan fingerprint density at radius 1 is 1.23 bits per heavy atom. The second-order valence-electron chi connectivity index (χ2n) is 6.37. The Bertz CT molecular complexity index is 752. The number of hydrogen-bond acceptors (Lipinski definition) is 3. The van der Waals surface area contributed by atoms with E-state index < -0.39 is 0 Å². The van der Waals surface area contributed by atoms with Crippen LogP contribution in [0.4, 0.5) is 0 Å². The SMILES string of the molecule is O=c1c(-c2ccccc2)c(CO)cc2n1CC1CNCC2C1. The Hall–Kier alpha value is -1.91. The van der Waals surface area contributed by atoms with Crippen LogP contribution in [-0.2, 0) is 13.2 Å². The molecule has 2 aliphatic rings. The van der Waals surface area contributed by atoms with Crippen molar-refractivity contribution in [1.82, 2.24) is 9.88 Å². The molecule has 1 aromatic heterocycles. The number of rotatable bonds is 2. The van der Waals surface area contributed by atoms with Crippen LogP contribution >= 0.6 is 0 Å². The molecule has 0 amide bonds. The van der Waals surface area contributed by atoms with E-state index in [2.05, 4.69) is 5.32 Å². The zero-order chi connectivity index (χ0) is 15.1. The molecular formula is C18H20N2O2. The van der Waals surface area contributed by atoms with Gasteiger partial charge in [-0.25, -0.2) is 0 Å². The Balaban J connectivity index is 1.94. The lowest BCUT2D eigenvalue weighted by Crippen LogP contribution is -2.45. The summed E-state index contributed by atoms with van der Waals surface area (Å²) in [6, 6.07) is 11.7. The van der Waals surface area contributed by atoms with Crippen molar-refractivity contribution in [3.63, 3.8) is 0 Å². The molecule has 0 spiro atoms. The molecule has 2 aliphatic heterocycles. The van der Waals surface area contributed by atoms with Gasteiger partial charge in [-0.2, -0.15) is 0 Å². The van der Waals surface area contributed by atoms with Gasteiger partial charge in [-0.05, 0) is 36.1 Å². The van der Waals surface area contributed by atoms with E-state index >= 15 is 0 Å². The number of aliphatic hydroxyl groups excluding tert-OH is 1. The average molecular weight is 296 g/mol. The Labute approximate surface area is 129 Å². The molecule has 1 fully saturated rings. The van der Waals surface area contributed by atoms with E-state index in [1.54, 1.807) is 0 Å². The molecule has 0 aliphatic carbocycles. The normalized spacial score (nSPS) is 23.1. The van der Waals surface area contributed by atoms with Gasteiger partial charge in [0.25, 0.3) is 5.56 Å². The minimum absolute atomic E-state index is 0.0457. The molecule has 2 unspecified atom stereocenters. The third-order valence-electron chi connectivity index (χ3n) is 4.95. The molecule has 4 rings (SSSR count). The highest BCUT2D eigenvalue weighted by molar-refractivity contribution is 5.66. The molecule has 2 N–H and O–H groups in total. The molecular weight excluding hydrogens is 276 g/mol. The monoisotopic (exact) mass is 296 g/mol. The summed E-state index contributed by atoms with van der Waals surface area (Å²) in [4.78, 5) is 13.1. The number of aliphatic hydroxyl groups is 1. The number of hydrogen-bond donors (Lipinski definition) is 2. The van der Waals surface area contributed by atoms with E-state index in [9.17, 15) is 9.90 Å². The molecule has 0 radical (unpaired) electrons. The van der Waals surface area contributed by atoms with Gasteiger partial charge in [-0.3, -0.25) is 4.79 Å². The molecule has 2 aromatic rings. The highest BCUT2D eigenvalue weighted by Crippen LogP contribution is 2.34. The van der Waals surface area contributed by atoms with Gasteiger partial charge < -0.3 is 15.0 Å². The predicted octanol–water partition coefficient (Wildman–Crippen LogP) is 1.71. The first kappa shape index (κ1) is 13.7. The maximum Gasteiger partial charge on any atom is 0.259 e. The van der Waals surface area contributed by atoms with E-state index in [0.717, 1.165) is 42.9 Å². The van der Waals surface area contributed by atoms with Crippen LogP contribution in [0.15, 0.2) is 41.2 Å². The summed E-state index contributed by atoms with van der Waals surface area (Å²) in [6.45, 7) is 2.59. The van der Waals surface area contributed by atoms with Crippen LogP contribution in [0.25, 0.3) is 11.1 Å². The van der Waals surface area contributed by atoms with Crippen molar-refractivity contribution in [2.45, 2.75) is 25.5 Å². The third kappa shape index (κ3) is 2.11. The molecule has 4 nitrogen and oxygen atoms in total. The summed E-state index contributed by atoms with van der Waals surface area (Å²) in [5, 5.41) is 13.2. The van der Waals surface area contributed by atoms with Gasteiger partial charge in [0.2, 0.25) is 0 Å². The molecule has 1 aromatic carbocycles. The van der Waals surface area contributed by atoms with Gasteiger partial charge >= 0.3 is 0 Å². The summed E-state index contributed by atoms with van der Waals surface area (Å²) >= 11 is 0. The highest BCUT2D eigenvalue weighted by Gasteiger charge is 2.32. The molecule has 2 bridgehead atoms. The largest absolute Gasteiger partial charge is 0.392 e. The Morgan fingerprint density at radius 2 is 2.05 bits per heavy atom. The Kier molecular flexibility index (Phi) is 3.36. The van der Waals surface area contributed by atoms with Crippen LogP contribution in [0.5, 0.6) is 0 Å². The van der Waals surface area contributed by atoms with E-state index in [0.29, 0.717) is 17.4 Å². The van der Waals surface area contributed by atoms with Crippen molar-refractivity contribution in [2.75, 3.05) is 13.1 Å². The molecule has 0 saturated carbocycles. The number of pyridine rings is 1. The summed E-state index contributed by atoms with van der Waals surface area (Å²) in [5.74, 6) is 0.919. The van der Waals surface area contributed by atoms with E-state index in [1.165, 1.54) is 0 Å². The van der Waals surface area contributed by atoms with Gasteiger partial charge in [0.1, 0.15) is 0 Å². The van der Waals surface area contributed by atoms with E-state index in [4.69, 9.17) is 0 Å². The van der Waals surface area contributed by atoms with Gasteiger partial charge in [0, 0.05) is 24.7 Å². The fourth-order valence-corrected chi connectivity index (χ4v) is 3.94. The topological polar surface area (TPSA) is 54.3 Å². The van der Waals surface area contributed by atoms with Crippen molar-refractivity contribution < 1.29 is 5.11 Å². The zero-order valence-electron chi connectivity index (χ0n) is 12.5. The van der Waals surface area contributed by atoms with Gasteiger partial charge in [0.05, 0.1) is 12.2 Å². The minimum Gasteiger partial charge on any atom is -0.392 e. The molecule has 4 heteroatoms. The number of nitrogens with zero attached hydrogens (tertiary/aromatic N) is 1. The highest BCUT2D eigenvalue weighted by atomic mass is 16.3. The van der Waals surface area contributed by atoms with E-state index in [1.807, 2.05) is 41.0 Å². The second-order valence-corrected chi connectivity index (χ2v) is 6.37. The summed E-state index contributed by atoms with van der Waals surface area (Å²) in [7, 11) is 0. The number of fused-ring (bicyclic) bond motifs is 4. The van der Waals surface area contributed by atoms with Gasteiger partial charge in [-0.1, -0.05) is 30.3 Å². The lowest BCUT2D eigenvalue weighted by molar-refractivity contribution is 0.253. The van der Waals surface area contributed by atoms with Crippen molar-refractivity contribution in [3.8, 4) is 11.1 Å². The number of aromatic nitrogens is 1. The average Bonchev–Trinajstić information content (AvgIpc) is 2.56. The molecule has 1 saturated heterocycles. The lowest BCUT2D eigenvalue weighted by Gasteiger charge is -2.38. The van der Waals surface area contributed by atoms with Crippen LogP contribution in [0.1, 0.15) is 23.6 Å². The van der Waals surface area contributed by atoms with Crippen molar-refractivity contribution in [1.29, 1.82) is 0 Å². The standard InChI is InChI=1S/C18H20N2O2/c21-11-15-7-16-14-6-12(8-19-9-14)10-20(16)18(22)17(15)13-4-2-1-3-5-13/h1-5,7,12,14,19,21H,6,8-11H2. The number of benzene rings is 1. The fourth-order valence-electron chi connectivity index (χ4n) is 3.94. The maximum absolute atomic E-state index is 13.1. The van der Waals surface area contributed by atoms with Crippen LogP contribution in [0, 0.1) is 5.92 Å². The first-order valence-corrected chi connectivity index (χ1v) is 7.91. The molecule has 2 atom stereocenters. The number of piperidine rings is 1. The summed E-state index contributed by atoms with van der Waals surface area (Å²) in [5.41, 5.74) is 3.41. The molecule has 22 heavy (non-hydrogen) atoms. The second kappa shape index (κ2) is 5.38. The number of nitrogens with one attached hydrogen (secondary N) is 1. The first-order valence-electron chi connectivity index (χ1n) is 7.91. The summed E-state index contributed by atoms with van der Waals surface area (Å²) in [6.07, 6.45) is 1.14. The Morgan fingerprint density at radius 3 is 2.82 bits per heavy atom. The van der Waals surface area contributed by atoms with Gasteiger partial charge in [-0.15, -0.1) is 0 Å². The predicted molar refractivity (Wildman–Crippen MR) is 85.8 cm³/mol. The fraction of sp³-hybridized carbons (Fsp3) is 0.389. The quantitative estimate of drug-likeness (QED) is 0.887. The maximum atomic E-state index is 13.1. The van der Waals surface area contributed by atoms with Crippen molar-refractivity contribution in [3.05, 3.63) is 58.0 Å². The zero-order valence-corrected chi connectivity index (χ0v) is 12.5. The molecule has 114 valence electrons. The minimum atomic E-state index is -0.100. The summed E-state index contributed by atoms with van der Waals surface area (Å²) < 4.78 is 1.95. The van der Waals surface area contributed by atoms with Crippen LogP contribution in [0.2, 0.25) is 0 Å². The lowest BCUT2D eigenvalue weighted by atomic mass is 9.83. The van der Waals surface area contributed by atoms with Crippen LogP contribution < -0.4 is 10.9 Å².